The highest BCUT2D eigenvalue weighted by Gasteiger charge is 2.21. The molecule has 0 radical (unpaired) electrons. The quantitative estimate of drug-likeness (QED) is 0.0504. The van der Waals surface area contributed by atoms with Gasteiger partial charge in [0.05, 0.1) is 109 Å². The molecule has 446 valence electrons. The van der Waals surface area contributed by atoms with E-state index in [-0.39, 0.29) is 67.9 Å². The molecular weight excluding hydrogens is 1280 g/mol. The minimum atomic E-state index is 0. The maximum atomic E-state index is 3.33. The predicted octanol–water partition coefficient (Wildman–Crippen LogP) is 4.50. The zero-order chi connectivity index (χ0) is 51.7. The smallest absolute Gasteiger partial charge is 0.0784 e. The average Bonchev–Trinajstić information content (AvgIpc) is 3.27. The van der Waals surface area contributed by atoms with Crippen molar-refractivity contribution in [3.8, 4) is 0 Å². The number of unbranched alkanes of at least 4 members (excludes halogenated alkanes) is 27. The minimum Gasteiger partial charge on any atom is -1.00 e. The van der Waals surface area contributed by atoms with E-state index in [0.29, 0.717) is 0 Å². The van der Waals surface area contributed by atoms with Gasteiger partial charge in [-0.3, -0.25) is 0 Å². The van der Waals surface area contributed by atoms with Crippen LogP contribution in [0.1, 0.15) is 232 Å². The van der Waals surface area contributed by atoms with Gasteiger partial charge in [-0.2, -0.15) is 0 Å². The molecule has 0 atom stereocenters. The minimum absolute atomic E-state index is 0. The molecule has 0 bridgehead atoms. The second-order valence-electron chi connectivity index (χ2n) is 24.8. The van der Waals surface area contributed by atoms with Crippen molar-refractivity contribution in [2.24, 2.45) is 0 Å². The van der Waals surface area contributed by atoms with Crippen LogP contribution in [0.2, 0.25) is 0 Å². The molecule has 72 heavy (non-hydrogen) atoms. The molecule has 6 nitrogen and oxygen atoms in total. The molecule has 0 N–H and O–H groups in total. The van der Waals surface area contributed by atoms with Crippen molar-refractivity contribution in [1.82, 2.24) is 9.80 Å². The van der Waals surface area contributed by atoms with Crippen LogP contribution in [0.3, 0.4) is 0 Å². The third kappa shape index (κ3) is 76.9. The maximum Gasteiger partial charge on any atom is 0.0784 e. The molecule has 0 aromatic rings. The second-order valence-corrected chi connectivity index (χ2v) is 26.4. The van der Waals surface area contributed by atoms with E-state index in [1.165, 1.54) is 302 Å². The molecule has 0 aromatic heterocycles. The molecule has 0 fully saturated rings. The van der Waals surface area contributed by atoms with Gasteiger partial charge in [-0.25, -0.2) is 0 Å². The molecule has 0 aliphatic rings. The topological polar surface area (TPSA) is 6.48 Å². The van der Waals surface area contributed by atoms with Crippen LogP contribution in [0.4, 0.5) is 0 Å². The fourth-order valence-corrected chi connectivity index (χ4v) is 10.3. The first-order chi connectivity index (χ1) is 32.3. The Bertz CT molecular complexity index is 912. The van der Waals surface area contributed by atoms with E-state index in [1.54, 1.807) is 0 Å². The van der Waals surface area contributed by atoms with Crippen LogP contribution in [0, 0.1) is 0 Å². The van der Waals surface area contributed by atoms with Crippen LogP contribution in [0.15, 0.2) is 0 Å². The van der Waals surface area contributed by atoms with E-state index >= 15 is 0 Å². The van der Waals surface area contributed by atoms with E-state index in [0.717, 1.165) is 10.7 Å². The van der Waals surface area contributed by atoms with Crippen molar-refractivity contribution in [3.05, 3.63) is 0 Å². The molecule has 0 spiro atoms. The van der Waals surface area contributed by atoms with Crippen LogP contribution in [-0.2, 0) is 0 Å². The number of alkyl halides is 2. The molecule has 12 heteroatoms. The van der Waals surface area contributed by atoms with Gasteiger partial charge in [0.25, 0.3) is 0 Å². The summed E-state index contributed by atoms with van der Waals surface area (Å²) in [5.74, 6) is 0. The molecule has 0 amide bonds. The second kappa shape index (κ2) is 62.8. The summed E-state index contributed by atoms with van der Waals surface area (Å²) in [6, 6.07) is 0. The summed E-state index contributed by atoms with van der Waals surface area (Å²) in [6.07, 6.45) is 48.2. The van der Waals surface area contributed by atoms with E-state index < -0.39 is 0 Å². The maximum absolute atomic E-state index is 3.33. The van der Waals surface area contributed by atoms with E-state index in [4.69, 9.17) is 0 Å². The summed E-state index contributed by atoms with van der Waals surface area (Å²) in [6.45, 7) is 17.8. The van der Waals surface area contributed by atoms with Gasteiger partial charge in [0, 0.05) is 49.2 Å². The number of nitrogens with zero attached hydrogens (tertiary/aromatic N) is 6. The molecule has 0 aliphatic carbocycles. The van der Waals surface area contributed by atoms with E-state index in [9.17, 15) is 0 Å². The molecule has 0 aliphatic heterocycles. The Kier molecular flexibility index (Phi) is 77.2. The van der Waals surface area contributed by atoms with E-state index in [2.05, 4.69) is 140 Å². The summed E-state index contributed by atoms with van der Waals surface area (Å²) in [4.78, 5) is 4.46. The third-order valence-corrected chi connectivity index (χ3v) is 15.7. The average molecular weight is 1420 g/mol. The van der Waals surface area contributed by atoms with Gasteiger partial charge >= 0.3 is 0 Å². The fraction of sp³-hybridized carbons (Fsp3) is 1.00. The molecule has 0 heterocycles. The third-order valence-electron chi connectivity index (χ3n) is 14.5. The Balaban J connectivity index is -0.000000360. The lowest BCUT2D eigenvalue weighted by molar-refractivity contribution is -0.900. The Morgan fingerprint density at radius 2 is 0.389 bits per heavy atom. The summed E-state index contributed by atoms with van der Waals surface area (Å²) in [7, 11) is 28.3. The number of quaternary nitrogens is 4. The van der Waals surface area contributed by atoms with Crippen molar-refractivity contribution in [3.63, 3.8) is 0 Å². The van der Waals surface area contributed by atoms with Crippen molar-refractivity contribution in [1.29, 1.82) is 0 Å². The van der Waals surface area contributed by atoms with Gasteiger partial charge in [0.15, 0.2) is 0 Å². The SMILES string of the molecule is BrCCCCBr.CCCCCCCCCCCCCC[N+](C)(C)CCCC[N+](C)(C)CCCC[N+](C)(C)CCCC[N+](C)(C)CCCCCCCCCCCCCC.CN(C)CCCCN(C)C.[Br-].[Br-].[Br-].[Br-]. The van der Waals surface area contributed by atoms with Gasteiger partial charge in [0.2, 0.25) is 0 Å². The van der Waals surface area contributed by atoms with Gasteiger partial charge in [-0.05, 0) is 92.6 Å². The van der Waals surface area contributed by atoms with Crippen LogP contribution in [0.25, 0.3) is 0 Å². The number of rotatable bonds is 49. The van der Waals surface area contributed by atoms with Crippen LogP contribution < -0.4 is 67.9 Å². The monoisotopic (exact) mass is 1410 g/mol. The highest BCUT2D eigenvalue weighted by Crippen LogP contribution is 2.16. The highest BCUT2D eigenvalue weighted by atomic mass is 79.9. The Morgan fingerprint density at radius 1 is 0.236 bits per heavy atom. The summed E-state index contributed by atoms with van der Waals surface area (Å²) < 4.78 is 4.83. The van der Waals surface area contributed by atoms with Gasteiger partial charge in [-0.15, -0.1) is 0 Å². The molecule has 0 saturated carbocycles. The summed E-state index contributed by atoms with van der Waals surface area (Å²) in [5.41, 5.74) is 0. The van der Waals surface area contributed by atoms with Crippen molar-refractivity contribution in [2.75, 3.05) is 161 Å². The lowest BCUT2D eigenvalue weighted by Gasteiger charge is -2.34. The summed E-state index contributed by atoms with van der Waals surface area (Å²) in [5, 5.41) is 2.28. The molecule has 0 rings (SSSR count). The fourth-order valence-electron chi connectivity index (χ4n) is 9.49. The lowest BCUT2D eigenvalue weighted by Crippen LogP contribution is -3.00. The zero-order valence-corrected chi connectivity index (χ0v) is 61.0. The number of hydrogen-bond donors (Lipinski definition) is 0. The van der Waals surface area contributed by atoms with Crippen LogP contribution >= 0.6 is 31.9 Å². The molecule has 0 saturated heterocycles. The highest BCUT2D eigenvalue weighted by molar-refractivity contribution is 9.09. The van der Waals surface area contributed by atoms with Gasteiger partial charge < -0.3 is 95.7 Å². The lowest BCUT2D eigenvalue weighted by atomic mass is 10.1. The van der Waals surface area contributed by atoms with Crippen LogP contribution in [0.5, 0.6) is 0 Å². The van der Waals surface area contributed by atoms with Gasteiger partial charge in [0.1, 0.15) is 0 Å². The van der Waals surface area contributed by atoms with Gasteiger partial charge in [-0.1, -0.05) is 174 Å². The van der Waals surface area contributed by atoms with E-state index in [1.807, 2.05) is 0 Å². The van der Waals surface area contributed by atoms with Crippen LogP contribution in [-0.4, -0.2) is 188 Å². The first kappa shape index (κ1) is 88.5. The predicted molar refractivity (Wildman–Crippen MR) is 320 cm³/mol. The standard InChI is InChI=1S/C48H106N4.C8H20N2.C4H8Br2.4BrH/c1-11-13-15-17-19-21-23-25-27-29-31-33-41-49(3,4)43-35-37-45-51(7,8)47-39-40-48-52(9,10)46-38-36-44-50(5,6)42-34-32-30-28-26-24-22-20-18-16-14-12-2;1-9(2)7-5-6-8-10(3)4;5-3-1-2-4-6;;;;/h11-48H2,1-10H3;5-8H2,1-4H3;1-4H2;4*1H/q+4;;;;;;/p-4. The largest absolute Gasteiger partial charge is 1.00 e. The molecule has 0 aromatic carbocycles. The number of hydrogen-bond acceptors (Lipinski definition) is 2. The molecule has 0 unspecified atom stereocenters. The Hall–Kier alpha value is 2.64. The Labute approximate surface area is 515 Å². The van der Waals surface area contributed by atoms with Crippen molar-refractivity contribution >= 4 is 31.9 Å². The first-order valence-electron chi connectivity index (χ1n) is 30.0. The molecular formula is C60H134Br6N6. The first-order valence-corrected chi connectivity index (χ1v) is 32.2. The van der Waals surface area contributed by atoms with Crippen molar-refractivity contribution in [2.45, 2.75) is 232 Å². The number of halogens is 6. The zero-order valence-electron chi connectivity index (χ0n) is 51.5. The summed E-state index contributed by atoms with van der Waals surface area (Å²) >= 11 is 6.66. The normalized spacial score (nSPS) is 11.8. The Morgan fingerprint density at radius 3 is 0.542 bits per heavy atom. The van der Waals surface area contributed by atoms with Crippen molar-refractivity contribution < 1.29 is 85.9 Å².